The first-order valence-corrected chi connectivity index (χ1v) is 13.3. The third kappa shape index (κ3) is 9.32. The molecular formula is C27H29F3N2O6S. The van der Waals surface area contributed by atoms with E-state index < -0.39 is 28.1 Å². The topological polar surface area (TPSA) is 124 Å². The Morgan fingerprint density at radius 2 is 1.54 bits per heavy atom. The molecule has 0 atom stereocenters. The van der Waals surface area contributed by atoms with E-state index in [1.165, 1.54) is 12.1 Å². The first-order chi connectivity index (χ1) is 18.3. The summed E-state index contributed by atoms with van der Waals surface area (Å²) in [5, 5.41) is 17.0. The van der Waals surface area contributed by atoms with Gasteiger partial charge in [-0.2, -0.15) is 13.2 Å². The number of halogens is 3. The molecule has 0 unspecified atom stereocenters. The molecule has 3 aromatic rings. The molecule has 0 fully saturated rings. The van der Waals surface area contributed by atoms with Gasteiger partial charge in [0.2, 0.25) is 0 Å². The molecule has 0 aliphatic rings. The first-order valence-electron chi connectivity index (χ1n) is 11.8. The number of aryl methyl sites for hydroxylation is 1. The van der Waals surface area contributed by atoms with Gasteiger partial charge in [0.1, 0.15) is 0 Å². The minimum Gasteiger partial charge on any atom is -0.478 e. The maximum atomic E-state index is 12.8. The van der Waals surface area contributed by atoms with Crippen LogP contribution in [0.25, 0.3) is 0 Å². The summed E-state index contributed by atoms with van der Waals surface area (Å²) in [7, 11) is -3.84. The van der Waals surface area contributed by atoms with Crippen LogP contribution in [0.4, 0.5) is 24.5 Å². The largest absolute Gasteiger partial charge is 0.490 e. The molecule has 3 rings (SSSR count). The van der Waals surface area contributed by atoms with Crippen molar-refractivity contribution < 1.29 is 41.4 Å². The average molecular weight is 567 g/mol. The van der Waals surface area contributed by atoms with Gasteiger partial charge < -0.3 is 15.1 Å². The average Bonchev–Trinajstić information content (AvgIpc) is 2.87. The van der Waals surface area contributed by atoms with Crippen LogP contribution in [0, 0.1) is 6.92 Å². The smallest absolute Gasteiger partial charge is 0.478 e. The molecule has 0 amide bonds. The summed E-state index contributed by atoms with van der Waals surface area (Å²) < 4.78 is 59.9. The van der Waals surface area contributed by atoms with Gasteiger partial charge in [-0.25, -0.2) is 18.0 Å². The Hall–Kier alpha value is -4.06. The highest BCUT2D eigenvalue weighted by Crippen LogP contribution is 2.28. The lowest BCUT2D eigenvalue weighted by Crippen LogP contribution is -2.26. The number of hydrogen-bond donors (Lipinski definition) is 3. The number of hydrogen-bond acceptors (Lipinski definition) is 5. The molecule has 8 nitrogen and oxygen atoms in total. The molecule has 0 heterocycles. The van der Waals surface area contributed by atoms with E-state index in [1.807, 2.05) is 35.2 Å². The van der Waals surface area contributed by atoms with Crippen molar-refractivity contribution in [1.29, 1.82) is 0 Å². The quantitative estimate of drug-likeness (QED) is 0.278. The number of sulfonamides is 1. The molecule has 0 radical (unpaired) electrons. The molecule has 210 valence electrons. The highest BCUT2D eigenvalue weighted by atomic mass is 32.2. The highest BCUT2D eigenvalue weighted by Gasteiger charge is 2.38. The van der Waals surface area contributed by atoms with Crippen molar-refractivity contribution in [2.75, 3.05) is 16.2 Å². The molecule has 3 aromatic carbocycles. The third-order valence-electron chi connectivity index (χ3n) is 5.44. The number of benzene rings is 3. The lowest BCUT2D eigenvalue weighted by Gasteiger charge is -2.27. The minimum atomic E-state index is -5.08. The number of aromatic carboxylic acids is 1. The summed E-state index contributed by atoms with van der Waals surface area (Å²) in [6.45, 7) is 5.06. The van der Waals surface area contributed by atoms with Crippen LogP contribution in [0.5, 0.6) is 0 Å². The van der Waals surface area contributed by atoms with E-state index in [9.17, 15) is 31.5 Å². The number of unbranched alkanes of at least 4 members (excludes halogenated alkanes) is 1. The highest BCUT2D eigenvalue weighted by molar-refractivity contribution is 7.92. The van der Waals surface area contributed by atoms with E-state index in [0.717, 1.165) is 18.4 Å². The van der Waals surface area contributed by atoms with E-state index in [4.69, 9.17) is 9.90 Å². The summed E-state index contributed by atoms with van der Waals surface area (Å²) in [5.74, 6) is -3.86. The molecule has 39 heavy (non-hydrogen) atoms. The monoisotopic (exact) mass is 566 g/mol. The molecule has 0 aliphatic heterocycles. The maximum Gasteiger partial charge on any atom is 0.490 e. The second-order valence-electron chi connectivity index (χ2n) is 8.47. The second-order valence-corrected chi connectivity index (χ2v) is 10.1. The lowest BCUT2D eigenvalue weighted by molar-refractivity contribution is -0.192. The molecule has 0 saturated carbocycles. The Morgan fingerprint density at radius 1 is 0.949 bits per heavy atom. The van der Waals surface area contributed by atoms with Gasteiger partial charge in [-0.3, -0.25) is 4.72 Å². The van der Waals surface area contributed by atoms with Crippen LogP contribution in [0.15, 0.2) is 77.7 Å². The fourth-order valence-corrected chi connectivity index (χ4v) is 4.85. The number of carbonyl (C=O) groups is 2. The zero-order valence-corrected chi connectivity index (χ0v) is 22.1. The number of nitrogens with one attached hydrogen (secondary N) is 1. The van der Waals surface area contributed by atoms with Crippen LogP contribution in [0.1, 0.15) is 41.3 Å². The van der Waals surface area contributed by atoms with Crippen LogP contribution in [-0.4, -0.2) is 43.3 Å². The number of rotatable bonds is 10. The number of aliphatic carboxylic acids is 1. The Balaban J connectivity index is 0.000000673. The van der Waals surface area contributed by atoms with Crippen molar-refractivity contribution in [2.24, 2.45) is 0 Å². The van der Waals surface area contributed by atoms with E-state index in [0.29, 0.717) is 24.3 Å². The van der Waals surface area contributed by atoms with Gasteiger partial charge in [0, 0.05) is 18.8 Å². The van der Waals surface area contributed by atoms with Crippen molar-refractivity contribution in [3.8, 4) is 0 Å². The normalized spacial score (nSPS) is 11.2. The van der Waals surface area contributed by atoms with Crippen LogP contribution >= 0.6 is 0 Å². The Morgan fingerprint density at radius 3 is 2.08 bits per heavy atom. The molecule has 12 heteroatoms. The zero-order valence-electron chi connectivity index (χ0n) is 21.3. The van der Waals surface area contributed by atoms with Gasteiger partial charge in [-0.05, 0) is 48.7 Å². The second kappa shape index (κ2) is 13.7. The molecule has 0 aliphatic carbocycles. The summed E-state index contributed by atoms with van der Waals surface area (Å²) in [4.78, 5) is 23.2. The Kier molecular flexibility index (Phi) is 10.9. The van der Waals surface area contributed by atoms with Crippen molar-refractivity contribution in [2.45, 2.75) is 44.3 Å². The number of nitrogens with zero attached hydrogens (tertiary/aromatic N) is 1. The van der Waals surface area contributed by atoms with E-state index in [2.05, 4.69) is 11.6 Å². The Bertz CT molecular complexity index is 1380. The van der Waals surface area contributed by atoms with Crippen molar-refractivity contribution >= 4 is 33.3 Å². The van der Waals surface area contributed by atoms with Gasteiger partial charge in [-0.1, -0.05) is 61.9 Å². The third-order valence-corrected chi connectivity index (χ3v) is 6.98. The van der Waals surface area contributed by atoms with Gasteiger partial charge in [0.15, 0.2) is 0 Å². The predicted molar refractivity (Wildman–Crippen MR) is 141 cm³/mol. The van der Waals surface area contributed by atoms with Crippen molar-refractivity contribution in [3.63, 3.8) is 0 Å². The maximum absolute atomic E-state index is 12.8. The van der Waals surface area contributed by atoms with Gasteiger partial charge >= 0.3 is 18.1 Å². The molecule has 0 saturated heterocycles. The van der Waals surface area contributed by atoms with E-state index in [1.54, 1.807) is 37.3 Å². The number of carboxylic acids is 2. The van der Waals surface area contributed by atoms with Gasteiger partial charge in [0.05, 0.1) is 16.1 Å². The van der Waals surface area contributed by atoms with Crippen molar-refractivity contribution in [3.05, 3.63) is 89.5 Å². The summed E-state index contributed by atoms with van der Waals surface area (Å²) in [5.41, 5.74) is 2.52. The predicted octanol–water partition coefficient (Wildman–Crippen LogP) is 5.93. The fourth-order valence-electron chi connectivity index (χ4n) is 3.55. The molecular weight excluding hydrogens is 537 g/mol. The number of alkyl halides is 3. The fraction of sp³-hybridized carbons (Fsp3) is 0.259. The SMILES string of the molecule is CCCCN(Cc1ccccc1)c1ccc(NS(=O)(=O)c2ccccc2C)cc1C(=O)O.O=C(O)C(F)(F)F. The summed E-state index contributed by atoms with van der Waals surface area (Å²) in [6, 6.07) is 21.2. The molecule has 0 spiro atoms. The number of carboxylic acid groups (broad SMARTS) is 2. The van der Waals surface area contributed by atoms with Crippen molar-refractivity contribution in [1.82, 2.24) is 0 Å². The van der Waals surface area contributed by atoms with Gasteiger partial charge in [-0.15, -0.1) is 0 Å². The van der Waals surface area contributed by atoms with Crippen LogP contribution in [-0.2, 0) is 21.4 Å². The molecule has 3 N–H and O–H groups in total. The minimum absolute atomic E-state index is 0.0574. The standard InChI is InChI=1S/C25H28N2O4S.C2HF3O2/c1-3-4-16-27(18-20-11-6-5-7-12-20)23-15-14-21(17-22(23)25(28)29)26-32(30,31)24-13-9-8-10-19(24)2;3-2(4,5)1(6)7/h5-15,17,26H,3-4,16,18H2,1-2H3,(H,28,29);(H,6,7). The lowest BCUT2D eigenvalue weighted by atomic mass is 10.1. The van der Waals surface area contributed by atoms with Crippen LogP contribution in [0.3, 0.4) is 0 Å². The van der Waals surface area contributed by atoms with Crippen LogP contribution < -0.4 is 9.62 Å². The van der Waals surface area contributed by atoms with E-state index in [-0.39, 0.29) is 16.1 Å². The Labute approximate surface area is 224 Å². The first kappa shape index (κ1) is 31.2. The van der Waals surface area contributed by atoms with Gasteiger partial charge in [0.25, 0.3) is 10.0 Å². The van der Waals surface area contributed by atoms with Crippen LogP contribution in [0.2, 0.25) is 0 Å². The van der Waals surface area contributed by atoms with E-state index >= 15 is 0 Å². The zero-order chi connectivity index (χ0) is 29.2. The summed E-state index contributed by atoms with van der Waals surface area (Å²) >= 11 is 0. The molecule has 0 aromatic heterocycles. The summed E-state index contributed by atoms with van der Waals surface area (Å²) in [6.07, 6.45) is -3.20. The number of anilines is 2. The molecule has 0 bridgehead atoms.